The number of benzene rings is 1. The van der Waals surface area contributed by atoms with Crippen LogP contribution in [0.3, 0.4) is 0 Å². The molecule has 0 amide bonds. The zero-order valence-corrected chi connectivity index (χ0v) is 11.0. The summed E-state index contributed by atoms with van der Waals surface area (Å²) in [6.07, 6.45) is 3.45. The first-order valence-corrected chi connectivity index (χ1v) is 7.68. The molecule has 1 aliphatic rings. The van der Waals surface area contributed by atoms with Gasteiger partial charge in [-0.1, -0.05) is 29.8 Å². The van der Waals surface area contributed by atoms with Crippen LogP contribution in [0.5, 0.6) is 0 Å². The van der Waals surface area contributed by atoms with Gasteiger partial charge in [-0.2, -0.15) is 8.42 Å². The van der Waals surface area contributed by atoms with Gasteiger partial charge in [0.05, 0.1) is 12.9 Å². The molecule has 1 aromatic rings. The molecular formula is C13H18O3S. The highest BCUT2D eigenvalue weighted by atomic mass is 32.2. The second-order valence-electron chi connectivity index (χ2n) is 4.85. The Morgan fingerprint density at radius 2 is 2.12 bits per heavy atom. The van der Waals surface area contributed by atoms with Gasteiger partial charge in [-0.05, 0) is 31.2 Å². The van der Waals surface area contributed by atoms with Crippen LogP contribution in [0.4, 0.5) is 0 Å². The Morgan fingerprint density at radius 1 is 1.41 bits per heavy atom. The molecule has 0 bridgehead atoms. The molecule has 3 nitrogen and oxygen atoms in total. The van der Waals surface area contributed by atoms with Gasteiger partial charge in [0.2, 0.25) is 0 Å². The van der Waals surface area contributed by atoms with Crippen LogP contribution in [-0.2, 0) is 14.3 Å². The van der Waals surface area contributed by atoms with Crippen LogP contribution in [0.15, 0.2) is 24.3 Å². The van der Waals surface area contributed by atoms with Crippen molar-refractivity contribution in [1.29, 1.82) is 0 Å². The molecule has 0 spiro atoms. The minimum Gasteiger partial charge on any atom is -0.270 e. The first-order chi connectivity index (χ1) is 7.96. The highest BCUT2D eigenvalue weighted by Gasteiger charge is 2.33. The average molecular weight is 254 g/mol. The Morgan fingerprint density at radius 3 is 2.65 bits per heavy atom. The third-order valence-corrected chi connectivity index (χ3v) is 3.69. The monoisotopic (exact) mass is 254 g/mol. The molecule has 1 aliphatic carbocycles. The van der Waals surface area contributed by atoms with E-state index in [-0.39, 0.29) is 12.5 Å². The van der Waals surface area contributed by atoms with Crippen LogP contribution in [0.1, 0.15) is 29.9 Å². The van der Waals surface area contributed by atoms with E-state index in [2.05, 4.69) is 12.1 Å². The summed E-state index contributed by atoms with van der Waals surface area (Å²) in [5, 5.41) is 0. The summed E-state index contributed by atoms with van der Waals surface area (Å²) in [7, 11) is -3.34. The van der Waals surface area contributed by atoms with E-state index >= 15 is 0 Å². The van der Waals surface area contributed by atoms with E-state index in [1.807, 2.05) is 19.1 Å². The molecule has 1 fully saturated rings. The summed E-state index contributed by atoms with van der Waals surface area (Å²) in [5.41, 5.74) is 2.39. The molecule has 94 valence electrons. The second kappa shape index (κ2) is 4.78. The Kier molecular flexibility index (Phi) is 3.54. The Hall–Kier alpha value is -0.870. The van der Waals surface area contributed by atoms with E-state index in [1.54, 1.807) is 0 Å². The lowest BCUT2D eigenvalue weighted by atomic mass is 9.94. The standard InChI is InChI=1S/C13H18O3S/c1-10-4-3-5-12(8-10)13(11-6-7-11)9-16-17(2,14)15/h3-5,8,11,13H,6-7,9H2,1-2H3. The molecule has 0 heterocycles. The van der Waals surface area contributed by atoms with E-state index in [1.165, 1.54) is 24.0 Å². The average Bonchev–Trinajstić information content (AvgIpc) is 3.00. The molecule has 0 saturated heterocycles. The minimum atomic E-state index is -3.34. The summed E-state index contributed by atoms with van der Waals surface area (Å²) >= 11 is 0. The lowest BCUT2D eigenvalue weighted by Crippen LogP contribution is -2.14. The Labute approximate surface area is 103 Å². The van der Waals surface area contributed by atoms with Crippen LogP contribution in [0, 0.1) is 12.8 Å². The van der Waals surface area contributed by atoms with Crippen molar-refractivity contribution in [2.75, 3.05) is 12.9 Å². The summed E-state index contributed by atoms with van der Waals surface area (Å²) < 4.78 is 27.1. The molecule has 1 saturated carbocycles. The molecule has 1 unspecified atom stereocenters. The molecule has 2 rings (SSSR count). The van der Waals surface area contributed by atoms with Crippen molar-refractivity contribution in [2.45, 2.75) is 25.7 Å². The van der Waals surface area contributed by atoms with E-state index in [9.17, 15) is 8.42 Å². The maximum Gasteiger partial charge on any atom is 0.264 e. The summed E-state index contributed by atoms with van der Waals surface area (Å²) in [6, 6.07) is 8.24. The van der Waals surface area contributed by atoms with Crippen LogP contribution >= 0.6 is 0 Å². The predicted molar refractivity (Wildman–Crippen MR) is 67.4 cm³/mol. The van der Waals surface area contributed by atoms with E-state index in [0.717, 1.165) is 6.26 Å². The van der Waals surface area contributed by atoms with Gasteiger partial charge in [-0.15, -0.1) is 0 Å². The van der Waals surface area contributed by atoms with Crippen molar-refractivity contribution in [1.82, 2.24) is 0 Å². The molecule has 1 aromatic carbocycles. The van der Waals surface area contributed by atoms with Crippen LogP contribution < -0.4 is 0 Å². The molecule has 1 atom stereocenters. The van der Waals surface area contributed by atoms with Crippen molar-refractivity contribution >= 4 is 10.1 Å². The highest BCUT2D eigenvalue weighted by molar-refractivity contribution is 7.85. The molecule has 0 radical (unpaired) electrons. The van der Waals surface area contributed by atoms with Gasteiger partial charge in [0, 0.05) is 5.92 Å². The highest BCUT2D eigenvalue weighted by Crippen LogP contribution is 2.43. The fourth-order valence-electron chi connectivity index (χ4n) is 2.10. The smallest absolute Gasteiger partial charge is 0.264 e. The Balaban J connectivity index is 2.12. The molecule has 0 aromatic heterocycles. The molecule has 17 heavy (non-hydrogen) atoms. The van der Waals surface area contributed by atoms with Gasteiger partial charge in [0.1, 0.15) is 0 Å². The first-order valence-electron chi connectivity index (χ1n) is 5.87. The number of hydrogen-bond donors (Lipinski definition) is 0. The third kappa shape index (κ3) is 3.82. The SMILES string of the molecule is Cc1cccc(C(COS(C)(=O)=O)C2CC2)c1. The van der Waals surface area contributed by atoms with Crippen molar-refractivity contribution in [3.05, 3.63) is 35.4 Å². The zero-order valence-electron chi connectivity index (χ0n) is 10.2. The van der Waals surface area contributed by atoms with Crippen LogP contribution in [0.2, 0.25) is 0 Å². The fourth-order valence-corrected chi connectivity index (χ4v) is 2.49. The first kappa shape index (κ1) is 12.6. The third-order valence-electron chi connectivity index (χ3n) is 3.12. The van der Waals surface area contributed by atoms with Crippen LogP contribution in [0.25, 0.3) is 0 Å². The maximum atomic E-state index is 11.1. The van der Waals surface area contributed by atoms with Gasteiger partial charge in [0.25, 0.3) is 10.1 Å². The zero-order chi connectivity index (χ0) is 12.5. The second-order valence-corrected chi connectivity index (χ2v) is 6.49. The van der Waals surface area contributed by atoms with Crippen molar-refractivity contribution < 1.29 is 12.6 Å². The van der Waals surface area contributed by atoms with Gasteiger partial charge in [0.15, 0.2) is 0 Å². The topological polar surface area (TPSA) is 43.4 Å². The predicted octanol–water partition coefficient (Wildman–Crippen LogP) is 2.46. The van der Waals surface area contributed by atoms with Gasteiger partial charge in [-0.25, -0.2) is 0 Å². The van der Waals surface area contributed by atoms with Crippen molar-refractivity contribution in [3.63, 3.8) is 0 Å². The molecule has 0 N–H and O–H groups in total. The van der Waals surface area contributed by atoms with Crippen molar-refractivity contribution in [2.24, 2.45) is 5.92 Å². The van der Waals surface area contributed by atoms with Crippen molar-refractivity contribution in [3.8, 4) is 0 Å². The quantitative estimate of drug-likeness (QED) is 0.758. The van der Waals surface area contributed by atoms with Gasteiger partial charge >= 0.3 is 0 Å². The molecule has 4 heteroatoms. The fraction of sp³-hybridized carbons (Fsp3) is 0.538. The maximum absolute atomic E-state index is 11.1. The molecular weight excluding hydrogens is 236 g/mol. The van der Waals surface area contributed by atoms with Gasteiger partial charge < -0.3 is 0 Å². The lowest BCUT2D eigenvalue weighted by Gasteiger charge is -2.16. The van der Waals surface area contributed by atoms with Crippen LogP contribution in [-0.4, -0.2) is 21.3 Å². The lowest BCUT2D eigenvalue weighted by molar-refractivity contribution is 0.282. The van der Waals surface area contributed by atoms with E-state index in [0.29, 0.717) is 5.92 Å². The minimum absolute atomic E-state index is 0.213. The number of aryl methyl sites for hydroxylation is 1. The summed E-state index contributed by atoms with van der Waals surface area (Å²) in [4.78, 5) is 0. The molecule has 0 aliphatic heterocycles. The van der Waals surface area contributed by atoms with E-state index < -0.39 is 10.1 Å². The summed E-state index contributed by atoms with van der Waals surface area (Å²) in [6.45, 7) is 2.32. The summed E-state index contributed by atoms with van der Waals surface area (Å²) in [5.74, 6) is 0.795. The van der Waals surface area contributed by atoms with E-state index in [4.69, 9.17) is 4.18 Å². The number of rotatable bonds is 5. The normalized spacial score (nSPS) is 18.0. The van der Waals surface area contributed by atoms with Gasteiger partial charge in [-0.3, -0.25) is 4.18 Å². The largest absolute Gasteiger partial charge is 0.270 e. The number of hydrogen-bond acceptors (Lipinski definition) is 3. The Bertz CT molecular complexity index is 489.